The molecule has 0 spiro atoms. The Morgan fingerprint density at radius 2 is 1.00 bits per heavy atom. The van der Waals surface area contributed by atoms with E-state index in [0.717, 1.165) is 64.2 Å². The van der Waals surface area contributed by atoms with Gasteiger partial charge in [0.15, 0.2) is 12.1 Å². The molecule has 56 heavy (non-hydrogen) atoms. The summed E-state index contributed by atoms with van der Waals surface area (Å²) in [7, 11) is 5.49. The van der Waals surface area contributed by atoms with E-state index < -0.39 is 18.1 Å². The van der Waals surface area contributed by atoms with Crippen molar-refractivity contribution in [3.63, 3.8) is 0 Å². The number of unbranched alkanes of at least 4 members (excludes halogenated alkanes) is 12. The van der Waals surface area contributed by atoms with Crippen molar-refractivity contribution in [3.8, 4) is 0 Å². The van der Waals surface area contributed by atoms with Crippen LogP contribution in [0.3, 0.4) is 0 Å². The molecule has 316 valence electrons. The molecule has 0 rings (SSSR count). The van der Waals surface area contributed by atoms with E-state index in [0.29, 0.717) is 19.3 Å². The maximum absolute atomic E-state index is 12.7. The first kappa shape index (κ1) is 52.2. The summed E-state index contributed by atoms with van der Waals surface area (Å²) >= 11 is 0. The van der Waals surface area contributed by atoms with Gasteiger partial charge in [0.1, 0.15) is 6.61 Å². The Hall–Kier alpha value is -3.75. The van der Waals surface area contributed by atoms with Crippen molar-refractivity contribution >= 4 is 17.9 Å². The molecule has 2 unspecified atom stereocenters. The molecule has 0 aromatic rings. The number of carboxylic acid groups (broad SMARTS) is 1. The van der Waals surface area contributed by atoms with Gasteiger partial charge in [-0.2, -0.15) is 0 Å². The maximum atomic E-state index is 12.7. The van der Waals surface area contributed by atoms with Crippen molar-refractivity contribution in [2.75, 3.05) is 41.0 Å². The summed E-state index contributed by atoms with van der Waals surface area (Å²) in [6, 6.07) is -0.631. The number of hydrogen-bond acceptors (Lipinski definition) is 6. The Morgan fingerprint density at radius 1 is 0.554 bits per heavy atom. The molecular formula is C48H78NO7+. The molecule has 0 amide bonds. The van der Waals surface area contributed by atoms with Gasteiger partial charge in [0, 0.05) is 19.3 Å². The summed E-state index contributed by atoms with van der Waals surface area (Å²) in [4.78, 5) is 36.9. The van der Waals surface area contributed by atoms with Crippen LogP contribution in [0, 0.1) is 0 Å². The summed E-state index contributed by atoms with van der Waals surface area (Å²) in [5, 5.41) is 9.61. The van der Waals surface area contributed by atoms with E-state index in [4.69, 9.17) is 14.2 Å². The van der Waals surface area contributed by atoms with Crippen molar-refractivity contribution in [1.29, 1.82) is 0 Å². The van der Waals surface area contributed by atoms with Gasteiger partial charge in [0.05, 0.1) is 34.4 Å². The lowest BCUT2D eigenvalue weighted by Crippen LogP contribution is -2.50. The predicted octanol–water partition coefficient (Wildman–Crippen LogP) is 11.5. The smallest absolute Gasteiger partial charge is 0.362 e. The predicted molar refractivity (Wildman–Crippen MR) is 233 cm³/mol. The van der Waals surface area contributed by atoms with Crippen LogP contribution in [0.1, 0.15) is 136 Å². The van der Waals surface area contributed by atoms with E-state index in [1.165, 1.54) is 32.1 Å². The Kier molecular flexibility index (Phi) is 35.6. The lowest BCUT2D eigenvalue weighted by molar-refractivity contribution is -0.887. The SMILES string of the molecule is CC/C=C/C=C/C=C/C=C/C=C/C=C/CCCCCC(=O)OC(COCCC(C(=O)O)[N+](C)(C)C)COC(=O)CCCCCCCC/C=C/C=C/CCCCC. The third-order valence-electron chi connectivity index (χ3n) is 8.91. The average Bonchev–Trinajstić information content (AvgIpc) is 3.15. The highest BCUT2D eigenvalue weighted by molar-refractivity contribution is 5.72. The lowest BCUT2D eigenvalue weighted by Gasteiger charge is -2.31. The van der Waals surface area contributed by atoms with Gasteiger partial charge in [-0.05, 0) is 57.8 Å². The summed E-state index contributed by atoms with van der Waals surface area (Å²) < 4.78 is 17.2. The molecule has 0 aliphatic carbocycles. The Morgan fingerprint density at radius 3 is 1.52 bits per heavy atom. The van der Waals surface area contributed by atoms with Crippen LogP contribution < -0.4 is 0 Å². The maximum Gasteiger partial charge on any atom is 0.362 e. The van der Waals surface area contributed by atoms with E-state index >= 15 is 0 Å². The number of carboxylic acids is 1. The molecular weight excluding hydrogens is 703 g/mol. The lowest BCUT2D eigenvalue weighted by atomic mass is 10.1. The second kappa shape index (κ2) is 38.1. The van der Waals surface area contributed by atoms with Crippen molar-refractivity contribution in [2.24, 2.45) is 0 Å². The first-order valence-corrected chi connectivity index (χ1v) is 21.4. The highest BCUT2D eigenvalue weighted by atomic mass is 16.6. The fraction of sp³-hybridized carbons (Fsp3) is 0.604. The zero-order valence-corrected chi connectivity index (χ0v) is 35.8. The Labute approximate surface area is 341 Å². The molecule has 0 aromatic heterocycles. The van der Waals surface area contributed by atoms with E-state index in [-0.39, 0.29) is 42.7 Å². The minimum absolute atomic E-state index is 0.0322. The summed E-state index contributed by atoms with van der Waals surface area (Å²) in [6.45, 7) is 4.47. The number of ether oxygens (including phenoxy) is 3. The van der Waals surface area contributed by atoms with E-state index in [1.807, 2.05) is 81.9 Å². The summed E-state index contributed by atoms with van der Waals surface area (Å²) in [6.07, 6.45) is 50.1. The number of allylic oxidation sites excluding steroid dienone is 16. The molecule has 0 saturated carbocycles. The molecule has 0 saturated heterocycles. The molecule has 0 aromatic carbocycles. The number of aliphatic carboxylic acids is 1. The summed E-state index contributed by atoms with van der Waals surface area (Å²) in [5.74, 6) is -1.56. The van der Waals surface area contributed by atoms with Crippen LogP contribution in [0.2, 0.25) is 0 Å². The first-order valence-electron chi connectivity index (χ1n) is 21.4. The molecule has 0 aliphatic rings. The minimum atomic E-state index is -0.890. The topological polar surface area (TPSA) is 99.1 Å². The normalized spacial score (nSPS) is 13.9. The monoisotopic (exact) mass is 781 g/mol. The van der Waals surface area contributed by atoms with Crippen LogP contribution >= 0.6 is 0 Å². The van der Waals surface area contributed by atoms with Crippen LogP contribution in [-0.2, 0) is 28.6 Å². The van der Waals surface area contributed by atoms with Crippen LogP contribution in [-0.4, -0.2) is 80.6 Å². The number of rotatable bonds is 36. The van der Waals surface area contributed by atoms with Crippen molar-refractivity contribution < 1.29 is 38.2 Å². The minimum Gasteiger partial charge on any atom is -0.477 e. The number of carbonyl (C=O) groups is 3. The van der Waals surface area contributed by atoms with Gasteiger partial charge >= 0.3 is 17.9 Å². The van der Waals surface area contributed by atoms with E-state index in [1.54, 1.807) is 0 Å². The van der Waals surface area contributed by atoms with Gasteiger partial charge < -0.3 is 23.8 Å². The molecule has 8 heteroatoms. The highest BCUT2D eigenvalue weighted by Gasteiger charge is 2.31. The molecule has 0 aliphatic heterocycles. The number of likely N-dealkylation sites (N-methyl/N-ethyl adjacent to an activating group) is 1. The molecule has 0 bridgehead atoms. The first-order chi connectivity index (χ1) is 27.1. The molecule has 8 nitrogen and oxygen atoms in total. The number of carbonyl (C=O) groups excluding carboxylic acids is 2. The quantitative estimate of drug-likeness (QED) is 0.0292. The standard InChI is InChI=1S/C48H77NO7/c1-6-8-10-12-14-16-18-20-22-23-25-27-29-31-33-35-37-39-47(51)56-44(42-54-41-40-45(48(52)53)49(3,4)5)43-55-46(50)38-36-34-32-30-28-26-24-21-19-17-15-13-11-9-7-2/h8,10,12,14-23,25,27,29,44-45H,6-7,9,11,13,24,26,28,30-43H2,1-5H3/p+1/b10-8+,14-12+,17-15+,18-16+,21-19+,22-20+,25-23+,29-27+. The van der Waals surface area contributed by atoms with Crippen molar-refractivity contribution in [1.82, 2.24) is 0 Å². The van der Waals surface area contributed by atoms with Crippen molar-refractivity contribution in [3.05, 3.63) is 97.2 Å². The second-order valence-corrected chi connectivity index (χ2v) is 15.0. The third kappa shape index (κ3) is 35.9. The van der Waals surface area contributed by atoms with Gasteiger partial charge in [0.2, 0.25) is 0 Å². The zero-order valence-electron chi connectivity index (χ0n) is 35.8. The Balaban J connectivity index is 4.52. The Bertz CT molecular complexity index is 1230. The van der Waals surface area contributed by atoms with Crippen LogP contribution in [0.25, 0.3) is 0 Å². The molecule has 0 heterocycles. The van der Waals surface area contributed by atoms with Crippen LogP contribution in [0.15, 0.2) is 97.2 Å². The second-order valence-electron chi connectivity index (χ2n) is 15.0. The largest absolute Gasteiger partial charge is 0.477 e. The van der Waals surface area contributed by atoms with Gasteiger partial charge in [-0.3, -0.25) is 9.59 Å². The van der Waals surface area contributed by atoms with E-state index in [9.17, 15) is 19.5 Å². The number of esters is 2. The number of hydrogen-bond donors (Lipinski definition) is 1. The van der Waals surface area contributed by atoms with Gasteiger partial charge in [0.25, 0.3) is 0 Å². The van der Waals surface area contributed by atoms with Gasteiger partial charge in [-0.15, -0.1) is 0 Å². The van der Waals surface area contributed by atoms with Gasteiger partial charge in [-0.25, -0.2) is 4.79 Å². The summed E-state index contributed by atoms with van der Waals surface area (Å²) in [5.41, 5.74) is 0. The molecule has 2 atom stereocenters. The van der Waals surface area contributed by atoms with Crippen molar-refractivity contribution in [2.45, 2.75) is 148 Å². The van der Waals surface area contributed by atoms with Crippen LogP contribution in [0.4, 0.5) is 0 Å². The van der Waals surface area contributed by atoms with E-state index in [2.05, 4.69) is 50.3 Å². The molecule has 0 fully saturated rings. The highest BCUT2D eigenvalue weighted by Crippen LogP contribution is 2.12. The third-order valence-corrected chi connectivity index (χ3v) is 8.91. The fourth-order valence-electron chi connectivity index (χ4n) is 5.58. The fourth-order valence-corrected chi connectivity index (χ4v) is 5.58. The molecule has 0 radical (unpaired) electrons. The number of nitrogens with zero attached hydrogens (tertiary/aromatic N) is 1. The zero-order chi connectivity index (χ0) is 41.4. The average molecular weight is 781 g/mol. The molecule has 1 N–H and O–H groups in total. The number of quaternary nitrogens is 1. The van der Waals surface area contributed by atoms with Crippen LogP contribution in [0.5, 0.6) is 0 Å². The van der Waals surface area contributed by atoms with Gasteiger partial charge in [-0.1, -0.05) is 156 Å².